The summed E-state index contributed by atoms with van der Waals surface area (Å²) in [5.41, 5.74) is 0.794. The van der Waals surface area contributed by atoms with E-state index in [9.17, 15) is 5.11 Å². The molecule has 3 nitrogen and oxygen atoms in total. The van der Waals surface area contributed by atoms with E-state index in [1.165, 1.54) is 0 Å². The number of benzene rings is 1. The van der Waals surface area contributed by atoms with Crippen molar-refractivity contribution in [3.05, 3.63) is 22.7 Å². The van der Waals surface area contributed by atoms with Crippen molar-refractivity contribution in [2.45, 2.75) is 32.3 Å². The van der Waals surface area contributed by atoms with Crippen LogP contribution < -0.4 is 9.47 Å². The lowest BCUT2D eigenvalue weighted by Crippen LogP contribution is -1.97. The van der Waals surface area contributed by atoms with E-state index >= 15 is 0 Å². The molecule has 0 radical (unpaired) electrons. The number of rotatable bonds is 4. The number of unbranched alkanes of at least 4 members (excludes halogenated alkanes) is 1. The Kier molecular flexibility index (Phi) is 3.56. The van der Waals surface area contributed by atoms with Gasteiger partial charge in [-0.25, -0.2) is 0 Å². The maximum atomic E-state index is 9.95. The number of ether oxygens (including phenoxy) is 2. The summed E-state index contributed by atoms with van der Waals surface area (Å²) in [5.74, 6) is 1.20. The van der Waals surface area contributed by atoms with Crippen LogP contribution >= 0.6 is 11.6 Å². The average Bonchev–Trinajstić information content (AvgIpc) is 2.74. The third-order valence-electron chi connectivity index (χ3n) is 2.67. The second kappa shape index (κ2) is 4.93. The zero-order valence-corrected chi connectivity index (χ0v) is 9.96. The predicted molar refractivity (Wildman–Crippen MR) is 62.1 cm³/mol. The molecule has 1 atom stereocenters. The minimum absolute atomic E-state index is 0.198. The quantitative estimate of drug-likeness (QED) is 0.881. The molecule has 0 spiro atoms. The Labute approximate surface area is 99.9 Å². The van der Waals surface area contributed by atoms with Gasteiger partial charge in [0.25, 0.3) is 0 Å². The van der Waals surface area contributed by atoms with E-state index in [2.05, 4.69) is 6.92 Å². The molecule has 4 heteroatoms. The summed E-state index contributed by atoms with van der Waals surface area (Å²) < 4.78 is 10.5. The fourth-order valence-electron chi connectivity index (χ4n) is 1.74. The Bertz CT molecular complexity index is 379. The molecule has 1 heterocycles. The standard InChI is InChI=1S/C12H15ClO3/c1-2-3-4-10(14)8-5-9(13)12-11(6-8)15-7-16-12/h5-6,10,14H,2-4,7H2,1H3. The molecule has 1 aromatic rings. The predicted octanol–water partition coefficient (Wildman–Crippen LogP) is 3.29. The SMILES string of the molecule is CCCCC(O)c1cc(Cl)c2c(c1)OCO2. The molecule has 1 aliphatic rings. The van der Waals surface area contributed by atoms with Gasteiger partial charge in [0.1, 0.15) is 0 Å². The smallest absolute Gasteiger partial charge is 0.231 e. The van der Waals surface area contributed by atoms with E-state index in [1.807, 2.05) is 0 Å². The monoisotopic (exact) mass is 242 g/mol. The van der Waals surface area contributed by atoms with Crippen LogP contribution in [0.2, 0.25) is 5.02 Å². The average molecular weight is 243 g/mol. The normalized spacial score (nSPS) is 15.2. The Balaban J connectivity index is 2.19. The third-order valence-corrected chi connectivity index (χ3v) is 2.95. The number of hydrogen-bond donors (Lipinski definition) is 1. The molecule has 0 bridgehead atoms. The largest absolute Gasteiger partial charge is 0.454 e. The lowest BCUT2D eigenvalue weighted by atomic mass is 10.0. The van der Waals surface area contributed by atoms with E-state index in [1.54, 1.807) is 12.1 Å². The zero-order chi connectivity index (χ0) is 11.5. The first kappa shape index (κ1) is 11.6. The lowest BCUT2D eigenvalue weighted by Gasteiger charge is -2.11. The number of halogens is 1. The molecule has 0 fully saturated rings. The molecular formula is C12H15ClO3. The van der Waals surface area contributed by atoms with Gasteiger partial charge in [0.2, 0.25) is 6.79 Å². The third kappa shape index (κ3) is 2.25. The topological polar surface area (TPSA) is 38.7 Å². The first-order valence-electron chi connectivity index (χ1n) is 5.49. The van der Waals surface area contributed by atoms with E-state index in [-0.39, 0.29) is 6.79 Å². The number of fused-ring (bicyclic) bond motifs is 1. The van der Waals surface area contributed by atoms with Crippen molar-refractivity contribution in [1.29, 1.82) is 0 Å². The Morgan fingerprint density at radius 1 is 1.44 bits per heavy atom. The van der Waals surface area contributed by atoms with Crippen molar-refractivity contribution in [2.75, 3.05) is 6.79 Å². The second-order valence-corrected chi connectivity index (χ2v) is 4.30. The van der Waals surface area contributed by atoms with Crippen molar-refractivity contribution in [3.63, 3.8) is 0 Å². The van der Waals surface area contributed by atoms with Crippen molar-refractivity contribution in [1.82, 2.24) is 0 Å². The lowest BCUT2D eigenvalue weighted by molar-refractivity contribution is 0.162. The van der Waals surface area contributed by atoms with Crippen molar-refractivity contribution < 1.29 is 14.6 Å². The minimum atomic E-state index is -0.480. The molecule has 0 saturated carbocycles. The van der Waals surface area contributed by atoms with E-state index in [4.69, 9.17) is 21.1 Å². The summed E-state index contributed by atoms with van der Waals surface area (Å²) in [6.45, 7) is 2.29. The van der Waals surface area contributed by atoms with Crippen LogP contribution in [0.5, 0.6) is 11.5 Å². The van der Waals surface area contributed by atoms with Gasteiger partial charge in [-0.3, -0.25) is 0 Å². The van der Waals surface area contributed by atoms with E-state index in [0.29, 0.717) is 16.5 Å². The summed E-state index contributed by atoms with van der Waals surface area (Å²) in [6, 6.07) is 3.55. The van der Waals surface area contributed by atoms with Gasteiger partial charge in [-0.1, -0.05) is 31.4 Å². The number of aliphatic hydroxyl groups is 1. The number of aliphatic hydroxyl groups excluding tert-OH is 1. The molecule has 2 rings (SSSR count). The first-order chi connectivity index (χ1) is 7.72. The van der Waals surface area contributed by atoms with Gasteiger partial charge in [-0.2, -0.15) is 0 Å². The van der Waals surface area contributed by atoms with Crippen molar-refractivity contribution >= 4 is 11.6 Å². The molecule has 16 heavy (non-hydrogen) atoms. The van der Waals surface area contributed by atoms with Gasteiger partial charge in [0, 0.05) is 0 Å². The highest BCUT2D eigenvalue weighted by Crippen LogP contribution is 2.41. The molecule has 1 aromatic carbocycles. The Hall–Kier alpha value is -0.930. The highest BCUT2D eigenvalue weighted by molar-refractivity contribution is 6.32. The van der Waals surface area contributed by atoms with Crippen LogP contribution in [0.1, 0.15) is 37.9 Å². The number of hydrogen-bond acceptors (Lipinski definition) is 3. The zero-order valence-electron chi connectivity index (χ0n) is 9.20. The molecule has 1 aliphatic heterocycles. The summed E-state index contributed by atoms with van der Waals surface area (Å²) in [7, 11) is 0. The molecule has 0 aliphatic carbocycles. The van der Waals surface area contributed by atoms with Crippen LogP contribution in [0, 0.1) is 0 Å². The van der Waals surface area contributed by atoms with Gasteiger partial charge >= 0.3 is 0 Å². The van der Waals surface area contributed by atoms with Crippen LogP contribution in [-0.4, -0.2) is 11.9 Å². The minimum Gasteiger partial charge on any atom is -0.454 e. The molecule has 88 valence electrons. The maximum Gasteiger partial charge on any atom is 0.231 e. The van der Waals surface area contributed by atoms with Crippen LogP contribution in [0.3, 0.4) is 0 Å². The van der Waals surface area contributed by atoms with Gasteiger partial charge in [0.05, 0.1) is 11.1 Å². The van der Waals surface area contributed by atoms with Crippen molar-refractivity contribution in [3.8, 4) is 11.5 Å². The molecule has 0 amide bonds. The molecule has 0 aromatic heterocycles. The fraction of sp³-hybridized carbons (Fsp3) is 0.500. The van der Waals surface area contributed by atoms with E-state index < -0.39 is 6.10 Å². The molecule has 1 N–H and O–H groups in total. The van der Waals surface area contributed by atoms with Gasteiger partial charge in [-0.05, 0) is 24.1 Å². The molecule has 0 saturated heterocycles. The van der Waals surface area contributed by atoms with Crippen LogP contribution in [-0.2, 0) is 0 Å². The van der Waals surface area contributed by atoms with Crippen LogP contribution in [0.15, 0.2) is 12.1 Å². The highest BCUT2D eigenvalue weighted by Gasteiger charge is 2.20. The van der Waals surface area contributed by atoms with Gasteiger partial charge in [0.15, 0.2) is 11.5 Å². The second-order valence-electron chi connectivity index (χ2n) is 3.89. The summed E-state index contributed by atoms with van der Waals surface area (Å²) in [5, 5.41) is 10.5. The summed E-state index contributed by atoms with van der Waals surface area (Å²) >= 11 is 6.04. The van der Waals surface area contributed by atoms with Crippen LogP contribution in [0.4, 0.5) is 0 Å². The summed E-state index contributed by atoms with van der Waals surface area (Å²) in [4.78, 5) is 0. The highest BCUT2D eigenvalue weighted by atomic mass is 35.5. The fourth-order valence-corrected chi connectivity index (χ4v) is 2.02. The first-order valence-corrected chi connectivity index (χ1v) is 5.87. The van der Waals surface area contributed by atoms with Gasteiger partial charge < -0.3 is 14.6 Å². The molecule has 1 unspecified atom stereocenters. The Morgan fingerprint density at radius 3 is 3.00 bits per heavy atom. The van der Waals surface area contributed by atoms with Gasteiger partial charge in [-0.15, -0.1) is 0 Å². The van der Waals surface area contributed by atoms with Crippen LogP contribution in [0.25, 0.3) is 0 Å². The van der Waals surface area contributed by atoms with E-state index in [0.717, 1.165) is 24.8 Å². The maximum absolute atomic E-state index is 9.95. The Morgan fingerprint density at radius 2 is 2.25 bits per heavy atom. The summed E-state index contributed by atoms with van der Waals surface area (Å²) in [6.07, 6.45) is 2.32. The molecular weight excluding hydrogens is 228 g/mol. The van der Waals surface area contributed by atoms with Crippen molar-refractivity contribution in [2.24, 2.45) is 0 Å².